The molecule has 1 fully saturated rings. The number of ether oxygens (including phenoxy) is 1. The maximum absolute atomic E-state index is 5.80. The summed E-state index contributed by atoms with van der Waals surface area (Å²) in [4.78, 5) is 0. The molecule has 0 aliphatic heterocycles. The van der Waals surface area contributed by atoms with Crippen LogP contribution >= 0.6 is 0 Å². The van der Waals surface area contributed by atoms with Crippen LogP contribution in [0.15, 0.2) is 4.42 Å². The molecule has 1 saturated carbocycles. The third-order valence-electron chi connectivity index (χ3n) is 3.03. The quantitative estimate of drug-likeness (QED) is 0.767. The maximum Gasteiger partial charge on any atom is 0.230 e. The van der Waals surface area contributed by atoms with Crippen molar-refractivity contribution in [2.75, 3.05) is 13.2 Å². The van der Waals surface area contributed by atoms with Gasteiger partial charge in [0.15, 0.2) is 0 Å². The van der Waals surface area contributed by atoms with Gasteiger partial charge in [0.25, 0.3) is 0 Å². The Morgan fingerprint density at radius 1 is 1.29 bits per heavy atom. The van der Waals surface area contributed by atoms with E-state index in [0.717, 1.165) is 13.2 Å². The van der Waals surface area contributed by atoms with Crippen molar-refractivity contribution in [1.29, 1.82) is 0 Å². The first-order valence-corrected chi connectivity index (χ1v) is 6.46. The van der Waals surface area contributed by atoms with Crippen LogP contribution in [0.2, 0.25) is 0 Å². The first-order chi connectivity index (χ1) is 8.34. The number of nitrogens with one attached hydrogen (secondary N) is 1. The van der Waals surface area contributed by atoms with Gasteiger partial charge in [-0.3, -0.25) is 0 Å². The summed E-state index contributed by atoms with van der Waals surface area (Å²) in [5.41, 5.74) is 0. The molecule has 96 valence electrons. The van der Waals surface area contributed by atoms with Crippen LogP contribution < -0.4 is 5.32 Å². The average molecular weight is 239 g/mol. The fourth-order valence-electron chi connectivity index (χ4n) is 2.13. The Balaban J connectivity index is 1.51. The van der Waals surface area contributed by atoms with E-state index in [2.05, 4.69) is 15.5 Å². The van der Waals surface area contributed by atoms with Crippen molar-refractivity contribution in [1.82, 2.24) is 15.5 Å². The van der Waals surface area contributed by atoms with E-state index < -0.39 is 0 Å². The van der Waals surface area contributed by atoms with Crippen molar-refractivity contribution >= 4 is 0 Å². The highest BCUT2D eigenvalue weighted by Gasteiger charge is 2.12. The zero-order valence-electron chi connectivity index (χ0n) is 10.4. The van der Waals surface area contributed by atoms with Crippen molar-refractivity contribution in [3.05, 3.63) is 11.8 Å². The van der Waals surface area contributed by atoms with Gasteiger partial charge in [-0.15, -0.1) is 10.2 Å². The van der Waals surface area contributed by atoms with Crippen molar-refractivity contribution in [3.8, 4) is 0 Å². The number of nitrogens with zero attached hydrogens (tertiary/aromatic N) is 2. The summed E-state index contributed by atoms with van der Waals surface area (Å²) in [7, 11) is 0. The summed E-state index contributed by atoms with van der Waals surface area (Å²) in [6, 6.07) is 0. The summed E-state index contributed by atoms with van der Waals surface area (Å²) in [6.07, 6.45) is 6.94. The number of hydrogen-bond donors (Lipinski definition) is 1. The van der Waals surface area contributed by atoms with Gasteiger partial charge in [-0.25, -0.2) is 0 Å². The predicted molar refractivity (Wildman–Crippen MR) is 63.6 cm³/mol. The molecule has 0 unspecified atom stereocenters. The van der Waals surface area contributed by atoms with E-state index in [1.807, 2.05) is 0 Å². The van der Waals surface area contributed by atoms with Crippen LogP contribution in [-0.2, 0) is 11.3 Å². The fraction of sp³-hybridized carbons (Fsp3) is 0.833. The summed E-state index contributed by atoms with van der Waals surface area (Å²) in [5.74, 6) is 1.25. The van der Waals surface area contributed by atoms with Crippen LogP contribution in [0.5, 0.6) is 0 Å². The van der Waals surface area contributed by atoms with Crippen molar-refractivity contribution in [2.45, 2.75) is 51.7 Å². The fourth-order valence-corrected chi connectivity index (χ4v) is 2.13. The van der Waals surface area contributed by atoms with Crippen molar-refractivity contribution in [2.24, 2.45) is 0 Å². The van der Waals surface area contributed by atoms with Crippen LogP contribution in [0.4, 0.5) is 0 Å². The lowest BCUT2D eigenvalue weighted by molar-refractivity contribution is 0.0300. The summed E-state index contributed by atoms with van der Waals surface area (Å²) < 4.78 is 11.1. The van der Waals surface area contributed by atoms with E-state index >= 15 is 0 Å². The lowest BCUT2D eigenvalue weighted by atomic mass is 9.98. The molecule has 1 heterocycles. The summed E-state index contributed by atoms with van der Waals surface area (Å²) >= 11 is 0. The minimum Gasteiger partial charge on any atom is -0.424 e. The third-order valence-corrected chi connectivity index (χ3v) is 3.03. The molecule has 0 aromatic carbocycles. The minimum atomic E-state index is 0.483. The molecule has 0 atom stereocenters. The molecule has 5 nitrogen and oxygen atoms in total. The topological polar surface area (TPSA) is 60.2 Å². The van der Waals surface area contributed by atoms with Gasteiger partial charge in [-0.2, -0.15) is 0 Å². The van der Waals surface area contributed by atoms with E-state index in [0.29, 0.717) is 24.4 Å². The molecule has 1 aliphatic carbocycles. The molecule has 1 aromatic heterocycles. The van der Waals surface area contributed by atoms with Crippen molar-refractivity contribution in [3.63, 3.8) is 0 Å². The van der Waals surface area contributed by atoms with Gasteiger partial charge in [0.05, 0.1) is 19.3 Å². The van der Waals surface area contributed by atoms with E-state index in [4.69, 9.17) is 9.15 Å². The van der Waals surface area contributed by atoms with E-state index in [1.165, 1.54) is 32.1 Å². The van der Waals surface area contributed by atoms with Crippen LogP contribution in [0.1, 0.15) is 43.9 Å². The Kier molecular flexibility index (Phi) is 4.94. The highest BCUT2D eigenvalue weighted by molar-refractivity contribution is 4.77. The predicted octanol–water partition coefficient (Wildman–Crippen LogP) is 1.82. The Bertz CT molecular complexity index is 321. The van der Waals surface area contributed by atoms with Gasteiger partial charge in [-0.05, 0) is 12.8 Å². The lowest BCUT2D eigenvalue weighted by Gasteiger charge is -2.21. The van der Waals surface area contributed by atoms with Crippen molar-refractivity contribution < 1.29 is 9.15 Å². The van der Waals surface area contributed by atoms with Gasteiger partial charge < -0.3 is 14.5 Å². The first-order valence-electron chi connectivity index (χ1n) is 6.46. The molecule has 0 saturated heterocycles. The number of aryl methyl sites for hydroxylation is 1. The average Bonchev–Trinajstić information content (AvgIpc) is 2.76. The molecular formula is C12H21N3O2. The van der Waals surface area contributed by atoms with Gasteiger partial charge in [0, 0.05) is 13.5 Å². The highest BCUT2D eigenvalue weighted by Crippen LogP contribution is 2.19. The maximum atomic E-state index is 5.80. The molecule has 1 N–H and O–H groups in total. The first kappa shape index (κ1) is 12.5. The molecule has 0 amide bonds. The Morgan fingerprint density at radius 2 is 2.12 bits per heavy atom. The molecule has 0 radical (unpaired) electrons. The Hall–Kier alpha value is -0.940. The third kappa shape index (κ3) is 4.44. The number of aromatic nitrogens is 2. The second kappa shape index (κ2) is 6.71. The van der Waals surface area contributed by atoms with E-state index in [-0.39, 0.29) is 0 Å². The zero-order chi connectivity index (χ0) is 11.9. The lowest BCUT2D eigenvalue weighted by Crippen LogP contribution is -2.24. The van der Waals surface area contributed by atoms with Gasteiger partial charge in [0.1, 0.15) is 0 Å². The number of hydrogen-bond acceptors (Lipinski definition) is 5. The molecule has 2 rings (SSSR count). The second-order valence-corrected chi connectivity index (χ2v) is 4.52. The molecule has 5 heteroatoms. The monoisotopic (exact) mass is 239 g/mol. The smallest absolute Gasteiger partial charge is 0.230 e. The molecule has 0 bridgehead atoms. The Labute approximate surface area is 102 Å². The SMILES string of the molecule is Cc1nnc(CNCCOC2CCCCC2)o1. The highest BCUT2D eigenvalue weighted by atomic mass is 16.5. The molecule has 17 heavy (non-hydrogen) atoms. The number of rotatable bonds is 6. The summed E-state index contributed by atoms with van der Waals surface area (Å²) in [6.45, 7) is 4.01. The van der Waals surface area contributed by atoms with Gasteiger partial charge >= 0.3 is 0 Å². The normalized spacial score (nSPS) is 17.5. The van der Waals surface area contributed by atoms with Crippen LogP contribution in [0.3, 0.4) is 0 Å². The van der Waals surface area contributed by atoms with Crippen LogP contribution in [0, 0.1) is 6.92 Å². The summed E-state index contributed by atoms with van der Waals surface area (Å²) in [5, 5.41) is 10.9. The second-order valence-electron chi connectivity index (χ2n) is 4.52. The molecule has 0 spiro atoms. The van der Waals surface area contributed by atoms with Gasteiger partial charge in [0.2, 0.25) is 11.8 Å². The molecule has 1 aliphatic rings. The van der Waals surface area contributed by atoms with E-state index in [9.17, 15) is 0 Å². The van der Waals surface area contributed by atoms with Gasteiger partial charge in [-0.1, -0.05) is 19.3 Å². The standard InChI is InChI=1S/C12H21N3O2/c1-10-14-15-12(17-10)9-13-7-8-16-11-5-3-2-4-6-11/h11,13H,2-9H2,1H3. The largest absolute Gasteiger partial charge is 0.424 e. The molecular weight excluding hydrogens is 218 g/mol. The van der Waals surface area contributed by atoms with Crippen LogP contribution in [-0.4, -0.2) is 29.5 Å². The molecule has 1 aromatic rings. The Morgan fingerprint density at radius 3 is 2.82 bits per heavy atom. The zero-order valence-corrected chi connectivity index (χ0v) is 10.4. The minimum absolute atomic E-state index is 0.483. The van der Waals surface area contributed by atoms with Crippen LogP contribution in [0.25, 0.3) is 0 Å². The van der Waals surface area contributed by atoms with E-state index in [1.54, 1.807) is 6.92 Å².